The lowest BCUT2D eigenvalue weighted by molar-refractivity contribution is 0.113. The first-order chi connectivity index (χ1) is 12.2. The number of likely N-dealkylation sites (N-methyl/N-ethyl adjacent to an activating group) is 1. The summed E-state index contributed by atoms with van der Waals surface area (Å²) in [7, 11) is 1.82. The zero-order valence-corrected chi connectivity index (χ0v) is 13.4. The Morgan fingerprint density at radius 2 is 2.16 bits per heavy atom. The number of fused-ring (bicyclic) bond motifs is 2. The van der Waals surface area contributed by atoms with Crippen molar-refractivity contribution in [2.45, 2.75) is 6.10 Å². The van der Waals surface area contributed by atoms with Crippen LogP contribution >= 0.6 is 0 Å². The lowest BCUT2D eigenvalue weighted by atomic mass is 10.3. The monoisotopic (exact) mass is 344 g/mol. The van der Waals surface area contributed by atoms with Crippen LogP contribution < -0.4 is 19.1 Å². The minimum atomic E-state index is -0.707. The van der Waals surface area contributed by atoms with E-state index in [0.717, 1.165) is 0 Å². The van der Waals surface area contributed by atoms with Gasteiger partial charge < -0.3 is 24.2 Å². The third-order valence-electron chi connectivity index (χ3n) is 3.72. The molecule has 4 rings (SSSR count). The standard InChI is InChI=1S/C15H16N6O4/c1-20(15-5-4-14-16-18-19-21(14)17-15)7-10(22)8-23-11-2-3-12-13(6-11)25-9-24-12/h2-6,10,22H,7-9H2,1H3/t10-/m1/s1. The fourth-order valence-electron chi connectivity index (χ4n) is 2.47. The molecule has 1 aromatic carbocycles. The molecule has 0 bridgehead atoms. The van der Waals surface area contributed by atoms with Gasteiger partial charge in [-0.2, -0.15) is 0 Å². The maximum absolute atomic E-state index is 10.2. The highest BCUT2D eigenvalue weighted by Gasteiger charge is 2.15. The van der Waals surface area contributed by atoms with Crippen molar-refractivity contribution in [3.63, 3.8) is 0 Å². The van der Waals surface area contributed by atoms with Gasteiger partial charge >= 0.3 is 0 Å². The first kappa shape index (κ1) is 15.4. The zero-order chi connectivity index (χ0) is 17.2. The van der Waals surface area contributed by atoms with E-state index in [4.69, 9.17) is 14.2 Å². The molecule has 0 saturated carbocycles. The number of anilines is 1. The van der Waals surface area contributed by atoms with Gasteiger partial charge in [-0.3, -0.25) is 0 Å². The van der Waals surface area contributed by atoms with Crippen molar-refractivity contribution in [3.05, 3.63) is 30.3 Å². The smallest absolute Gasteiger partial charge is 0.231 e. The number of ether oxygens (including phenoxy) is 3. The van der Waals surface area contributed by atoms with Crippen LogP contribution in [0.2, 0.25) is 0 Å². The molecule has 0 fully saturated rings. The average molecular weight is 344 g/mol. The highest BCUT2D eigenvalue weighted by Crippen LogP contribution is 2.35. The Morgan fingerprint density at radius 3 is 3.08 bits per heavy atom. The maximum atomic E-state index is 10.2. The highest BCUT2D eigenvalue weighted by atomic mass is 16.7. The van der Waals surface area contributed by atoms with Gasteiger partial charge in [-0.25, -0.2) is 0 Å². The predicted octanol–water partition coefficient (Wildman–Crippen LogP) is 0.124. The molecule has 25 heavy (non-hydrogen) atoms. The van der Waals surface area contributed by atoms with E-state index in [1.807, 2.05) is 7.05 Å². The van der Waals surface area contributed by atoms with Crippen molar-refractivity contribution in [1.82, 2.24) is 25.3 Å². The topological polar surface area (TPSA) is 107 Å². The molecule has 1 atom stereocenters. The minimum Gasteiger partial charge on any atom is -0.491 e. The van der Waals surface area contributed by atoms with Crippen LogP contribution in [0, 0.1) is 0 Å². The number of aliphatic hydroxyl groups excluding tert-OH is 1. The van der Waals surface area contributed by atoms with E-state index >= 15 is 0 Å². The van der Waals surface area contributed by atoms with E-state index in [1.165, 1.54) is 4.63 Å². The molecule has 1 N–H and O–H groups in total. The van der Waals surface area contributed by atoms with E-state index in [0.29, 0.717) is 35.3 Å². The summed E-state index contributed by atoms with van der Waals surface area (Å²) in [6.07, 6.45) is -0.707. The molecule has 0 unspecified atom stereocenters. The zero-order valence-electron chi connectivity index (χ0n) is 13.4. The maximum Gasteiger partial charge on any atom is 0.231 e. The van der Waals surface area contributed by atoms with Gasteiger partial charge in [0.05, 0.1) is 0 Å². The van der Waals surface area contributed by atoms with Crippen LogP contribution in [0.5, 0.6) is 17.2 Å². The molecule has 130 valence electrons. The molecule has 3 heterocycles. The largest absolute Gasteiger partial charge is 0.491 e. The molecule has 3 aromatic rings. The lowest BCUT2D eigenvalue weighted by Gasteiger charge is -2.21. The quantitative estimate of drug-likeness (QED) is 0.667. The molecule has 0 radical (unpaired) electrons. The SMILES string of the molecule is CN(C[C@@H](O)COc1ccc2c(c1)OCO2)c1ccc2nnnn2n1. The van der Waals surface area contributed by atoms with Crippen LogP contribution in [-0.4, -0.2) is 63.5 Å². The second kappa shape index (κ2) is 6.40. The van der Waals surface area contributed by atoms with E-state index in [2.05, 4.69) is 20.6 Å². The molecule has 10 heteroatoms. The summed E-state index contributed by atoms with van der Waals surface area (Å²) < 4.78 is 17.5. The Morgan fingerprint density at radius 1 is 1.28 bits per heavy atom. The molecule has 1 aliphatic rings. The Bertz CT molecular complexity index is 885. The molecule has 0 aliphatic carbocycles. The Hall–Kier alpha value is -3.14. The highest BCUT2D eigenvalue weighted by molar-refractivity contribution is 5.47. The lowest BCUT2D eigenvalue weighted by Crippen LogP contribution is -2.33. The van der Waals surface area contributed by atoms with Crippen molar-refractivity contribution >= 4 is 11.5 Å². The summed E-state index contributed by atoms with van der Waals surface area (Å²) in [4.78, 5) is 1.80. The van der Waals surface area contributed by atoms with Gasteiger partial charge in [0.2, 0.25) is 6.79 Å². The first-order valence-corrected chi connectivity index (χ1v) is 7.66. The van der Waals surface area contributed by atoms with E-state index in [9.17, 15) is 5.11 Å². The van der Waals surface area contributed by atoms with E-state index in [-0.39, 0.29) is 13.4 Å². The summed E-state index contributed by atoms with van der Waals surface area (Å²) in [5.74, 6) is 2.58. The van der Waals surface area contributed by atoms with Gasteiger partial charge in [0, 0.05) is 19.7 Å². The van der Waals surface area contributed by atoms with Crippen LogP contribution in [0.15, 0.2) is 30.3 Å². The number of nitrogens with zero attached hydrogens (tertiary/aromatic N) is 6. The number of tetrazole rings is 1. The van der Waals surface area contributed by atoms with Crippen molar-refractivity contribution in [1.29, 1.82) is 0 Å². The number of rotatable bonds is 6. The van der Waals surface area contributed by atoms with Crippen molar-refractivity contribution < 1.29 is 19.3 Å². The van der Waals surface area contributed by atoms with Crippen LogP contribution in [0.3, 0.4) is 0 Å². The Kier molecular flexibility index (Phi) is 3.94. The molecular weight excluding hydrogens is 328 g/mol. The fraction of sp³-hybridized carbons (Fsp3) is 0.333. The van der Waals surface area contributed by atoms with E-state index < -0.39 is 6.10 Å². The second-order valence-corrected chi connectivity index (χ2v) is 5.58. The van der Waals surface area contributed by atoms with Gasteiger partial charge in [-0.1, -0.05) is 0 Å². The van der Waals surface area contributed by atoms with Gasteiger partial charge in [-0.15, -0.1) is 14.8 Å². The number of hydrogen-bond donors (Lipinski definition) is 1. The van der Waals surface area contributed by atoms with Crippen molar-refractivity contribution in [2.24, 2.45) is 0 Å². The molecule has 1 aliphatic heterocycles. The Balaban J connectivity index is 1.34. The molecule has 0 spiro atoms. The molecule has 2 aromatic heterocycles. The van der Waals surface area contributed by atoms with Crippen LogP contribution in [-0.2, 0) is 0 Å². The van der Waals surface area contributed by atoms with Gasteiger partial charge in [0.15, 0.2) is 23.0 Å². The minimum absolute atomic E-state index is 0.136. The summed E-state index contributed by atoms with van der Waals surface area (Å²) in [5, 5.41) is 25.6. The number of hydrogen-bond acceptors (Lipinski definition) is 9. The van der Waals surface area contributed by atoms with Gasteiger partial charge in [0.25, 0.3) is 0 Å². The third-order valence-corrected chi connectivity index (χ3v) is 3.72. The fourth-order valence-corrected chi connectivity index (χ4v) is 2.47. The van der Waals surface area contributed by atoms with Gasteiger partial charge in [-0.05, 0) is 34.7 Å². The van der Waals surface area contributed by atoms with Crippen molar-refractivity contribution in [2.75, 3.05) is 31.9 Å². The first-order valence-electron chi connectivity index (χ1n) is 7.66. The molecule has 0 saturated heterocycles. The normalized spacial score (nSPS) is 13.8. The summed E-state index contributed by atoms with van der Waals surface area (Å²) in [6, 6.07) is 8.84. The number of benzene rings is 1. The van der Waals surface area contributed by atoms with Crippen molar-refractivity contribution in [3.8, 4) is 17.2 Å². The number of aliphatic hydroxyl groups is 1. The third kappa shape index (κ3) is 3.24. The second-order valence-electron chi connectivity index (χ2n) is 5.58. The summed E-state index contributed by atoms with van der Waals surface area (Å²) in [6.45, 7) is 0.688. The molecule has 10 nitrogen and oxygen atoms in total. The van der Waals surface area contributed by atoms with E-state index in [1.54, 1.807) is 35.2 Å². The van der Waals surface area contributed by atoms with Crippen LogP contribution in [0.25, 0.3) is 5.65 Å². The molecular formula is C15H16N6O4. The molecule has 0 amide bonds. The predicted molar refractivity (Wildman–Crippen MR) is 85.9 cm³/mol. The number of aromatic nitrogens is 5. The van der Waals surface area contributed by atoms with Crippen LogP contribution in [0.1, 0.15) is 0 Å². The Labute approximate surface area is 142 Å². The summed E-state index contributed by atoms with van der Waals surface area (Å²) >= 11 is 0. The van der Waals surface area contributed by atoms with Crippen LogP contribution in [0.4, 0.5) is 5.82 Å². The van der Waals surface area contributed by atoms with Gasteiger partial charge in [0.1, 0.15) is 18.5 Å². The summed E-state index contributed by atoms with van der Waals surface area (Å²) in [5.41, 5.74) is 0.559. The average Bonchev–Trinajstić information content (AvgIpc) is 3.27.